The third-order valence-electron chi connectivity index (χ3n) is 4.23. The van der Waals surface area contributed by atoms with Crippen LogP contribution in [0.2, 0.25) is 10.0 Å². The molecule has 0 saturated heterocycles. The summed E-state index contributed by atoms with van der Waals surface area (Å²) in [5.41, 5.74) is 3.88. The van der Waals surface area contributed by atoms with Gasteiger partial charge in [0.05, 0.1) is 17.8 Å². The summed E-state index contributed by atoms with van der Waals surface area (Å²) < 4.78 is 1.90. The number of benzene rings is 2. The van der Waals surface area contributed by atoms with E-state index in [4.69, 9.17) is 28.3 Å². The van der Waals surface area contributed by atoms with Crippen LogP contribution < -0.4 is 0 Å². The summed E-state index contributed by atoms with van der Waals surface area (Å²) in [7, 11) is 0. The molecular formula is C19H18Cl2N2O2. The quantitative estimate of drug-likeness (QED) is 0.650. The number of aromatic nitrogens is 2. The van der Waals surface area contributed by atoms with Gasteiger partial charge in [0.15, 0.2) is 0 Å². The fourth-order valence-electron chi connectivity index (χ4n) is 2.94. The molecule has 0 atom stereocenters. The van der Waals surface area contributed by atoms with Crippen molar-refractivity contribution in [3.8, 4) is 0 Å². The highest BCUT2D eigenvalue weighted by molar-refractivity contribution is 6.36. The number of aliphatic carboxylic acids is 1. The number of hydrogen-bond donors (Lipinski definition) is 1. The second-order valence-corrected chi connectivity index (χ2v) is 6.86. The zero-order valence-electron chi connectivity index (χ0n) is 13.8. The fraction of sp³-hybridized carbons (Fsp3) is 0.263. The van der Waals surface area contributed by atoms with Gasteiger partial charge in [-0.1, -0.05) is 41.4 Å². The van der Waals surface area contributed by atoms with Crippen LogP contribution in [0.25, 0.3) is 10.9 Å². The van der Waals surface area contributed by atoms with Gasteiger partial charge >= 0.3 is 5.97 Å². The van der Waals surface area contributed by atoms with Crippen LogP contribution >= 0.6 is 23.2 Å². The van der Waals surface area contributed by atoms with Gasteiger partial charge in [0.2, 0.25) is 0 Å². The Hall–Kier alpha value is -2.04. The summed E-state index contributed by atoms with van der Waals surface area (Å²) in [6, 6.07) is 11.6. The minimum absolute atomic E-state index is 0.172. The Balaban J connectivity index is 1.93. The number of carboxylic acid groups (broad SMARTS) is 1. The lowest BCUT2D eigenvalue weighted by Crippen LogP contribution is -2.03. The number of halogens is 2. The van der Waals surface area contributed by atoms with Crippen molar-refractivity contribution >= 4 is 40.1 Å². The van der Waals surface area contributed by atoms with E-state index in [0.717, 1.165) is 34.1 Å². The van der Waals surface area contributed by atoms with E-state index in [2.05, 4.69) is 11.2 Å². The monoisotopic (exact) mass is 376 g/mol. The van der Waals surface area contributed by atoms with Gasteiger partial charge in [-0.05, 0) is 43.5 Å². The van der Waals surface area contributed by atoms with Crippen molar-refractivity contribution in [1.29, 1.82) is 0 Å². The molecule has 0 fully saturated rings. The van der Waals surface area contributed by atoms with E-state index in [1.165, 1.54) is 0 Å². The van der Waals surface area contributed by atoms with Crippen molar-refractivity contribution in [2.75, 3.05) is 0 Å². The van der Waals surface area contributed by atoms with Gasteiger partial charge in [-0.3, -0.25) is 9.48 Å². The molecule has 1 heterocycles. The third kappa shape index (κ3) is 3.97. The maximum atomic E-state index is 10.7. The minimum atomic E-state index is -0.768. The van der Waals surface area contributed by atoms with Gasteiger partial charge < -0.3 is 5.11 Å². The van der Waals surface area contributed by atoms with Crippen LogP contribution in [-0.2, 0) is 17.8 Å². The predicted molar refractivity (Wildman–Crippen MR) is 101 cm³/mol. The van der Waals surface area contributed by atoms with Gasteiger partial charge in [-0.25, -0.2) is 0 Å². The number of aryl methyl sites for hydroxylation is 2. The molecule has 0 unspecified atom stereocenters. The molecule has 6 heteroatoms. The minimum Gasteiger partial charge on any atom is -0.481 e. The van der Waals surface area contributed by atoms with Gasteiger partial charge in [-0.15, -0.1) is 0 Å². The van der Waals surface area contributed by atoms with Gasteiger partial charge in [0, 0.05) is 27.4 Å². The Bertz CT molecular complexity index is 914. The standard InChI is InChI=1S/C19H18Cl2N2O2/c1-12-14-9-8-13(4-2-7-19(24)25)10-18(14)23(22-12)11-15-16(20)5-3-6-17(15)21/h3,5-6,8-10H,2,4,7,11H2,1H3,(H,24,25). The number of nitrogens with zero attached hydrogens (tertiary/aromatic N) is 2. The van der Waals surface area contributed by atoms with Crippen LogP contribution in [0, 0.1) is 6.92 Å². The second-order valence-electron chi connectivity index (χ2n) is 6.04. The van der Waals surface area contributed by atoms with E-state index in [9.17, 15) is 4.79 Å². The van der Waals surface area contributed by atoms with Crippen molar-refractivity contribution in [2.45, 2.75) is 32.7 Å². The molecule has 1 N–H and O–H groups in total. The van der Waals surface area contributed by atoms with Crippen molar-refractivity contribution in [3.05, 3.63) is 63.3 Å². The van der Waals surface area contributed by atoms with E-state index >= 15 is 0 Å². The molecule has 3 rings (SSSR count). The molecule has 130 valence electrons. The molecular weight excluding hydrogens is 359 g/mol. The van der Waals surface area contributed by atoms with E-state index in [0.29, 0.717) is 23.0 Å². The van der Waals surface area contributed by atoms with Crippen LogP contribution in [-0.4, -0.2) is 20.9 Å². The summed E-state index contributed by atoms with van der Waals surface area (Å²) in [5, 5.41) is 15.7. The van der Waals surface area contributed by atoms with Crippen LogP contribution in [0.15, 0.2) is 36.4 Å². The zero-order chi connectivity index (χ0) is 18.0. The zero-order valence-corrected chi connectivity index (χ0v) is 15.3. The van der Waals surface area contributed by atoms with Crippen LogP contribution in [0.1, 0.15) is 29.7 Å². The molecule has 0 amide bonds. The lowest BCUT2D eigenvalue weighted by molar-refractivity contribution is -0.137. The van der Waals surface area contributed by atoms with Crippen molar-refractivity contribution in [3.63, 3.8) is 0 Å². The maximum absolute atomic E-state index is 10.7. The summed E-state index contributed by atoms with van der Waals surface area (Å²) in [5.74, 6) is -0.768. The fourth-order valence-corrected chi connectivity index (χ4v) is 3.46. The summed E-state index contributed by atoms with van der Waals surface area (Å²) in [6.45, 7) is 2.46. The van der Waals surface area contributed by atoms with Gasteiger partial charge in [0.25, 0.3) is 0 Å². The molecule has 1 aromatic heterocycles. The molecule has 4 nitrogen and oxygen atoms in total. The Kier molecular flexibility index (Phi) is 5.30. The SMILES string of the molecule is Cc1nn(Cc2c(Cl)cccc2Cl)c2cc(CCCC(=O)O)ccc12. The van der Waals surface area contributed by atoms with E-state index in [-0.39, 0.29) is 6.42 Å². The first-order valence-corrected chi connectivity index (χ1v) is 8.82. The number of carboxylic acids is 1. The summed E-state index contributed by atoms with van der Waals surface area (Å²) in [4.78, 5) is 10.7. The summed E-state index contributed by atoms with van der Waals surface area (Å²) >= 11 is 12.6. The highest BCUT2D eigenvalue weighted by atomic mass is 35.5. The molecule has 0 radical (unpaired) electrons. The topological polar surface area (TPSA) is 55.1 Å². The Morgan fingerprint density at radius 1 is 1.20 bits per heavy atom. The normalized spacial score (nSPS) is 11.2. The predicted octanol–water partition coefficient (Wildman–Crippen LogP) is 5.11. The van der Waals surface area contributed by atoms with Crippen LogP contribution in [0.4, 0.5) is 0 Å². The van der Waals surface area contributed by atoms with Crippen LogP contribution in [0.5, 0.6) is 0 Å². The summed E-state index contributed by atoms with van der Waals surface area (Å²) in [6.07, 6.45) is 1.51. The number of fused-ring (bicyclic) bond motifs is 1. The molecule has 25 heavy (non-hydrogen) atoms. The number of rotatable bonds is 6. The first-order chi connectivity index (χ1) is 12.0. The highest BCUT2D eigenvalue weighted by Crippen LogP contribution is 2.27. The molecule has 0 aliphatic carbocycles. The third-order valence-corrected chi connectivity index (χ3v) is 4.93. The average Bonchev–Trinajstić information content (AvgIpc) is 2.86. The van der Waals surface area contributed by atoms with Crippen molar-refractivity contribution < 1.29 is 9.90 Å². The first-order valence-electron chi connectivity index (χ1n) is 8.06. The molecule has 3 aromatic rings. The molecule has 0 spiro atoms. The number of hydrogen-bond acceptors (Lipinski definition) is 2. The highest BCUT2D eigenvalue weighted by Gasteiger charge is 2.12. The maximum Gasteiger partial charge on any atom is 0.303 e. The van der Waals surface area contributed by atoms with E-state index < -0.39 is 5.97 Å². The molecule has 2 aromatic carbocycles. The average molecular weight is 377 g/mol. The first kappa shape index (κ1) is 17.8. The van der Waals surface area contributed by atoms with E-state index in [1.807, 2.05) is 41.9 Å². The smallest absolute Gasteiger partial charge is 0.303 e. The number of carbonyl (C=O) groups is 1. The van der Waals surface area contributed by atoms with Crippen molar-refractivity contribution in [2.24, 2.45) is 0 Å². The second kappa shape index (κ2) is 7.46. The van der Waals surface area contributed by atoms with Crippen molar-refractivity contribution in [1.82, 2.24) is 9.78 Å². The molecule has 0 aliphatic rings. The van der Waals surface area contributed by atoms with Gasteiger partial charge in [-0.2, -0.15) is 5.10 Å². The molecule has 0 saturated carbocycles. The molecule has 0 bridgehead atoms. The lowest BCUT2D eigenvalue weighted by Gasteiger charge is -2.09. The van der Waals surface area contributed by atoms with Gasteiger partial charge in [0.1, 0.15) is 0 Å². The Morgan fingerprint density at radius 2 is 1.92 bits per heavy atom. The largest absolute Gasteiger partial charge is 0.481 e. The Morgan fingerprint density at radius 3 is 2.60 bits per heavy atom. The van der Waals surface area contributed by atoms with E-state index in [1.54, 1.807) is 0 Å². The molecule has 0 aliphatic heterocycles. The van der Waals surface area contributed by atoms with Crippen LogP contribution in [0.3, 0.4) is 0 Å². The lowest BCUT2D eigenvalue weighted by atomic mass is 10.1. The Labute approximate surface area is 156 Å².